The molecule has 2 saturated heterocycles. The number of sulfonamides is 1. The third-order valence-corrected chi connectivity index (χ3v) is 7.16. The van der Waals surface area contributed by atoms with Gasteiger partial charge in [-0.1, -0.05) is 29.8 Å². The molecule has 2 aliphatic rings. The number of nitrogens with zero attached hydrogens (tertiary/aromatic N) is 2. The van der Waals surface area contributed by atoms with Gasteiger partial charge in [-0.25, -0.2) is 8.42 Å². The van der Waals surface area contributed by atoms with Gasteiger partial charge in [-0.05, 0) is 36.8 Å². The number of piperazine rings is 1. The van der Waals surface area contributed by atoms with Gasteiger partial charge in [0.25, 0.3) is 0 Å². The summed E-state index contributed by atoms with van der Waals surface area (Å²) >= 11 is 0. The van der Waals surface area contributed by atoms with E-state index in [1.54, 1.807) is 18.2 Å². The number of nitrogens with one attached hydrogen (secondary N) is 1. The highest BCUT2D eigenvalue weighted by Crippen LogP contribution is 2.31. The van der Waals surface area contributed by atoms with E-state index >= 15 is 0 Å². The second-order valence-electron chi connectivity index (χ2n) is 7.34. The first-order chi connectivity index (χ1) is 14.3. The molecule has 2 aromatic carbocycles. The summed E-state index contributed by atoms with van der Waals surface area (Å²) in [4.78, 5) is 37.5. The number of carbonyl (C=O) groups excluding carboxylic acids is 3. The van der Waals surface area contributed by atoms with Gasteiger partial charge in [0, 0.05) is 25.9 Å². The van der Waals surface area contributed by atoms with Gasteiger partial charge in [-0.15, -0.1) is 0 Å². The Kier molecular flexibility index (Phi) is 5.17. The number of hydrogen-bond donors (Lipinski definition) is 1. The summed E-state index contributed by atoms with van der Waals surface area (Å²) in [6.45, 7) is 2.23. The zero-order chi connectivity index (χ0) is 21.5. The van der Waals surface area contributed by atoms with E-state index in [-0.39, 0.29) is 48.5 Å². The Hall–Kier alpha value is -3.04. The van der Waals surface area contributed by atoms with Crippen LogP contribution in [0, 0.1) is 6.92 Å². The van der Waals surface area contributed by atoms with E-state index in [9.17, 15) is 22.8 Å². The smallest absolute Gasteiger partial charge is 0.244 e. The summed E-state index contributed by atoms with van der Waals surface area (Å²) in [5.41, 5.74) is 1.86. The second kappa shape index (κ2) is 7.66. The minimum atomic E-state index is -3.99. The van der Waals surface area contributed by atoms with E-state index < -0.39 is 16.1 Å². The zero-order valence-electron chi connectivity index (χ0n) is 16.4. The molecule has 0 aromatic heterocycles. The Balaban J connectivity index is 1.68. The Labute approximate surface area is 174 Å². The predicted molar refractivity (Wildman–Crippen MR) is 109 cm³/mol. The van der Waals surface area contributed by atoms with Crippen LogP contribution in [0.2, 0.25) is 0 Å². The van der Waals surface area contributed by atoms with Gasteiger partial charge in [-0.3, -0.25) is 19.3 Å². The maximum Gasteiger partial charge on any atom is 0.244 e. The summed E-state index contributed by atoms with van der Waals surface area (Å²) < 4.78 is 27.9. The van der Waals surface area contributed by atoms with Crippen LogP contribution < -0.4 is 10.2 Å². The van der Waals surface area contributed by atoms with Gasteiger partial charge in [0.2, 0.25) is 27.7 Å². The van der Waals surface area contributed by atoms with Crippen molar-refractivity contribution in [3.63, 3.8) is 0 Å². The number of aryl methyl sites for hydroxylation is 1. The van der Waals surface area contributed by atoms with Crippen molar-refractivity contribution in [2.45, 2.75) is 30.7 Å². The summed E-state index contributed by atoms with van der Waals surface area (Å²) in [5.74, 6) is -0.981. The Morgan fingerprint density at radius 3 is 2.27 bits per heavy atom. The Morgan fingerprint density at radius 1 is 0.967 bits per heavy atom. The molecule has 1 N–H and O–H groups in total. The van der Waals surface area contributed by atoms with E-state index in [1.807, 2.05) is 13.0 Å². The molecule has 2 heterocycles. The first-order valence-corrected chi connectivity index (χ1v) is 11.0. The molecule has 0 bridgehead atoms. The molecule has 156 valence electrons. The summed E-state index contributed by atoms with van der Waals surface area (Å²) in [7, 11) is -3.99. The molecule has 1 atom stereocenters. The van der Waals surface area contributed by atoms with Gasteiger partial charge in [0.15, 0.2) is 0 Å². The largest absolute Gasteiger partial charge is 0.353 e. The van der Waals surface area contributed by atoms with Crippen molar-refractivity contribution in [3.8, 4) is 0 Å². The average molecular weight is 427 g/mol. The van der Waals surface area contributed by atoms with Crippen molar-refractivity contribution in [2.75, 3.05) is 18.0 Å². The minimum absolute atomic E-state index is 0.00213. The molecule has 9 heteroatoms. The lowest BCUT2D eigenvalue weighted by Crippen LogP contribution is -2.52. The number of anilines is 1. The number of benzene rings is 2. The van der Waals surface area contributed by atoms with Crippen LogP contribution in [0.1, 0.15) is 30.0 Å². The monoisotopic (exact) mass is 427 g/mol. The lowest BCUT2D eigenvalue weighted by Gasteiger charge is -2.34. The van der Waals surface area contributed by atoms with Crippen LogP contribution in [0.25, 0.3) is 0 Å². The van der Waals surface area contributed by atoms with Crippen LogP contribution in [-0.4, -0.2) is 43.5 Å². The molecule has 2 fully saturated rings. The molecule has 0 radical (unpaired) electrons. The van der Waals surface area contributed by atoms with E-state index in [1.165, 1.54) is 28.6 Å². The summed E-state index contributed by atoms with van der Waals surface area (Å²) in [6, 6.07) is 11.8. The highest BCUT2D eigenvalue weighted by Gasteiger charge is 2.39. The highest BCUT2D eigenvalue weighted by molar-refractivity contribution is 7.89. The first-order valence-electron chi connectivity index (χ1n) is 9.61. The van der Waals surface area contributed by atoms with Crippen LogP contribution in [0.3, 0.4) is 0 Å². The molecule has 8 nitrogen and oxygen atoms in total. The van der Waals surface area contributed by atoms with Crippen molar-refractivity contribution >= 4 is 33.4 Å². The van der Waals surface area contributed by atoms with Crippen molar-refractivity contribution in [1.82, 2.24) is 9.62 Å². The van der Waals surface area contributed by atoms with Crippen molar-refractivity contribution in [2.24, 2.45) is 0 Å². The molecule has 3 amide bonds. The lowest BCUT2D eigenvalue weighted by molar-refractivity contribution is -0.127. The SMILES string of the molecule is Cc1cccc(C2C(=O)NCCN2S(=O)(=O)c2ccc(N3C(=O)CCC3=O)cc2)c1. The standard InChI is InChI=1S/C21H21N3O5S/c1-14-3-2-4-15(13-14)20-21(27)22-11-12-23(20)30(28,29)17-7-5-16(6-8-17)24-18(25)9-10-19(24)26/h2-8,13,20H,9-12H2,1H3,(H,22,27). The third kappa shape index (κ3) is 3.50. The van der Waals surface area contributed by atoms with Crippen LogP contribution >= 0.6 is 0 Å². The fourth-order valence-electron chi connectivity index (χ4n) is 3.83. The molecule has 30 heavy (non-hydrogen) atoms. The highest BCUT2D eigenvalue weighted by atomic mass is 32.2. The first kappa shape index (κ1) is 20.2. The van der Waals surface area contributed by atoms with Gasteiger partial charge >= 0.3 is 0 Å². The topological polar surface area (TPSA) is 104 Å². The van der Waals surface area contributed by atoms with E-state index in [4.69, 9.17) is 0 Å². The molecule has 1 unspecified atom stereocenters. The van der Waals surface area contributed by atoms with Crippen LogP contribution in [0.5, 0.6) is 0 Å². The third-order valence-electron chi connectivity index (χ3n) is 5.28. The van der Waals surface area contributed by atoms with Crippen LogP contribution in [0.4, 0.5) is 5.69 Å². The van der Waals surface area contributed by atoms with Gasteiger partial charge in [-0.2, -0.15) is 4.31 Å². The zero-order valence-corrected chi connectivity index (χ0v) is 17.2. The van der Waals surface area contributed by atoms with Gasteiger partial charge in [0.1, 0.15) is 6.04 Å². The van der Waals surface area contributed by atoms with Crippen molar-refractivity contribution in [1.29, 1.82) is 0 Å². The quantitative estimate of drug-likeness (QED) is 0.745. The number of imide groups is 1. The van der Waals surface area contributed by atoms with Crippen molar-refractivity contribution in [3.05, 3.63) is 59.7 Å². The normalized spacial score (nSPS) is 20.5. The molecule has 2 aliphatic heterocycles. The predicted octanol–water partition coefficient (Wildman–Crippen LogP) is 1.51. The molecular weight excluding hydrogens is 406 g/mol. The lowest BCUT2D eigenvalue weighted by atomic mass is 10.0. The average Bonchev–Trinajstić information content (AvgIpc) is 3.06. The van der Waals surface area contributed by atoms with Gasteiger partial charge < -0.3 is 5.32 Å². The summed E-state index contributed by atoms with van der Waals surface area (Å²) in [6.07, 6.45) is 0.305. The molecule has 2 aromatic rings. The molecule has 0 spiro atoms. The summed E-state index contributed by atoms with van der Waals surface area (Å²) in [5, 5.41) is 2.73. The molecule has 0 aliphatic carbocycles. The Bertz CT molecular complexity index is 1110. The fourth-order valence-corrected chi connectivity index (χ4v) is 5.41. The van der Waals surface area contributed by atoms with Crippen LogP contribution in [-0.2, 0) is 24.4 Å². The maximum atomic E-state index is 13.4. The molecule has 4 rings (SSSR count). The van der Waals surface area contributed by atoms with Crippen molar-refractivity contribution < 1.29 is 22.8 Å². The number of hydrogen-bond acceptors (Lipinski definition) is 5. The number of rotatable bonds is 4. The molecular formula is C21H21N3O5S. The molecule has 0 saturated carbocycles. The number of carbonyl (C=O) groups is 3. The van der Waals surface area contributed by atoms with E-state index in [2.05, 4.69) is 5.32 Å². The fraction of sp³-hybridized carbons (Fsp3) is 0.286. The number of amides is 3. The van der Waals surface area contributed by atoms with E-state index in [0.29, 0.717) is 11.3 Å². The minimum Gasteiger partial charge on any atom is -0.353 e. The second-order valence-corrected chi connectivity index (χ2v) is 9.23. The maximum absolute atomic E-state index is 13.4. The van der Waals surface area contributed by atoms with E-state index in [0.717, 1.165) is 10.5 Å². The Morgan fingerprint density at radius 2 is 1.63 bits per heavy atom. The van der Waals surface area contributed by atoms with Gasteiger partial charge in [0.05, 0.1) is 10.6 Å². The van der Waals surface area contributed by atoms with Crippen LogP contribution in [0.15, 0.2) is 53.4 Å².